The van der Waals surface area contributed by atoms with Crippen LogP contribution in [0.3, 0.4) is 0 Å². The molecule has 144 valence electrons. The zero-order valence-corrected chi connectivity index (χ0v) is 15.6. The molecule has 1 N–H and O–H groups in total. The van der Waals surface area contributed by atoms with Crippen molar-refractivity contribution in [2.75, 3.05) is 4.90 Å². The van der Waals surface area contributed by atoms with Crippen LogP contribution >= 0.6 is 0 Å². The molecule has 0 bridgehead atoms. The predicted molar refractivity (Wildman–Crippen MR) is 91.1 cm³/mol. The van der Waals surface area contributed by atoms with E-state index in [-0.39, 0.29) is 5.82 Å². The molecule has 0 saturated carbocycles. The Bertz CT molecular complexity index is 728. The molecule has 2 amide bonds. The maximum Gasteiger partial charge on any atom is 0.425 e. The van der Waals surface area contributed by atoms with E-state index in [4.69, 9.17) is 14.6 Å². The number of aromatic nitrogens is 2. The summed E-state index contributed by atoms with van der Waals surface area (Å²) in [7, 11) is 0. The van der Waals surface area contributed by atoms with Crippen LogP contribution in [0.5, 0.6) is 0 Å². The number of nitrogens with zero attached hydrogens (tertiary/aromatic N) is 3. The van der Waals surface area contributed by atoms with Crippen LogP contribution < -0.4 is 10.6 Å². The lowest BCUT2D eigenvalue weighted by atomic mass is 10.2. The van der Waals surface area contributed by atoms with Gasteiger partial charge in [-0.3, -0.25) is 9.36 Å². The summed E-state index contributed by atoms with van der Waals surface area (Å²) in [6.07, 6.45) is -1.04. The van der Waals surface area contributed by atoms with E-state index in [2.05, 4.69) is 4.98 Å². The molecule has 0 atom stereocenters. The smallest absolute Gasteiger partial charge is 0.425 e. The summed E-state index contributed by atoms with van der Waals surface area (Å²) in [5.74, 6) is -1.57. The highest BCUT2D eigenvalue weighted by atomic mass is 16.6. The van der Waals surface area contributed by atoms with Gasteiger partial charge in [-0.15, -0.1) is 0 Å². The minimum Gasteiger partial charge on any atom is -0.480 e. The number of carbonyl (C=O) groups excluding carboxylic acids is 2. The Hall–Kier alpha value is -2.91. The van der Waals surface area contributed by atoms with Gasteiger partial charge in [-0.05, 0) is 47.6 Å². The van der Waals surface area contributed by atoms with Gasteiger partial charge in [-0.1, -0.05) is 0 Å². The van der Waals surface area contributed by atoms with E-state index in [1.807, 2.05) is 0 Å². The fourth-order valence-electron chi connectivity index (χ4n) is 1.69. The van der Waals surface area contributed by atoms with E-state index < -0.39 is 41.6 Å². The lowest BCUT2D eigenvalue weighted by Crippen LogP contribution is -2.45. The van der Waals surface area contributed by atoms with Crippen LogP contribution in [-0.2, 0) is 20.8 Å². The predicted octanol–water partition coefficient (Wildman–Crippen LogP) is 2.00. The fraction of sp³-hybridized carbons (Fsp3) is 0.562. The number of carbonyl (C=O) groups is 3. The molecule has 1 aromatic rings. The highest BCUT2D eigenvalue weighted by Gasteiger charge is 2.33. The van der Waals surface area contributed by atoms with Crippen molar-refractivity contribution in [3.05, 3.63) is 22.7 Å². The minimum absolute atomic E-state index is 0.333. The standard InChI is InChI=1S/C16H23N3O7/c1-15(2,3)25-13(23)19(14(24)26-16(4,5)6)10-7-8-18(9-11(20)21)12(22)17-10/h7-8H,9H2,1-6H3,(H,20,21). The minimum atomic E-state index is -1.24. The van der Waals surface area contributed by atoms with E-state index in [9.17, 15) is 19.2 Å². The van der Waals surface area contributed by atoms with Crippen molar-refractivity contribution in [2.45, 2.75) is 59.3 Å². The number of anilines is 1. The quantitative estimate of drug-likeness (QED) is 0.857. The second-order valence-electron chi connectivity index (χ2n) is 7.39. The average Bonchev–Trinajstić information content (AvgIpc) is 2.37. The lowest BCUT2D eigenvalue weighted by Gasteiger charge is -2.27. The Kier molecular flexibility index (Phi) is 6.13. The first-order valence-corrected chi connectivity index (χ1v) is 7.75. The molecule has 0 aromatic carbocycles. The van der Waals surface area contributed by atoms with Crippen LogP contribution in [0.25, 0.3) is 0 Å². The summed E-state index contributed by atoms with van der Waals surface area (Å²) in [4.78, 5) is 51.6. The first kappa shape index (κ1) is 21.1. The van der Waals surface area contributed by atoms with Crippen LogP contribution in [-0.4, -0.2) is 44.0 Å². The SMILES string of the molecule is CC(C)(C)OC(=O)N(C(=O)OC(C)(C)C)c1ccn(CC(=O)O)c(=O)n1. The number of rotatable bonds is 3. The van der Waals surface area contributed by atoms with Crippen LogP contribution in [0.15, 0.2) is 17.1 Å². The fourth-order valence-corrected chi connectivity index (χ4v) is 1.69. The third-order valence-corrected chi connectivity index (χ3v) is 2.55. The molecule has 26 heavy (non-hydrogen) atoms. The molecule has 0 unspecified atom stereocenters. The summed E-state index contributed by atoms with van der Waals surface area (Å²) < 4.78 is 11.1. The summed E-state index contributed by atoms with van der Waals surface area (Å²) in [6.45, 7) is 9.04. The molecule has 1 rings (SSSR count). The van der Waals surface area contributed by atoms with E-state index in [0.717, 1.165) is 16.8 Å². The normalized spacial score (nSPS) is 11.6. The zero-order valence-electron chi connectivity index (χ0n) is 15.6. The van der Waals surface area contributed by atoms with E-state index in [0.29, 0.717) is 4.90 Å². The summed E-state index contributed by atoms with van der Waals surface area (Å²) in [6, 6.07) is 1.15. The molecular formula is C16H23N3O7. The number of carboxylic acid groups (broad SMARTS) is 1. The van der Waals surface area contributed by atoms with Crippen molar-refractivity contribution in [1.29, 1.82) is 0 Å². The molecule has 0 spiro atoms. The van der Waals surface area contributed by atoms with Crippen molar-refractivity contribution in [1.82, 2.24) is 9.55 Å². The molecule has 10 heteroatoms. The molecule has 0 aliphatic carbocycles. The van der Waals surface area contributed by atoms with E-state index >= 15 is 0 Å². The van der Waals surface area contributed by atoms with Gasteiger partial charge in [0.25, 0.3) is 0 Å². The highest BCUT2D eigenvalue weighted by molar-refractivity contribution is 6.08. The topological polar surface area (TPSA) is 128 Å². The maximum absolute atomic E-state index is 12.4. The van der Waals surface area contributed by atoms with Crippen LogP contribution in [0, 0.1) is 0 Å². The Morgan fingerprint density at radius 3 is 1.88 bits per heavy atom. The number of aliphatic carboxylic acids is 1. The van der Waals surface area contributed by atoms with Gasteiger partial charge in [0.2, 0.25) is 0 Å². The van der Waals surface area contributed by atoms with Gasteiger partial charge >= 0.3 is 23.8 Å². The largest absolute Gasteiger partial charge is 0.480 e. The second kappa shape index (κ2) is 7.54. The lowest BCUT2D eigenvalue weighted by molar-refractivity contribution is -0.137. The Morgan fingerprint density at radius 1 is 1.08 bits per heavy atom. The molecule has 0 aliphatic heterocycles. The van der Waals surface area contributed by atoms with Crippen LogP contribution in [0.4, 0.5) is 15.4 Å². The summed E-state index contributed by atoms with van der Waals surface area (Å²) in [5, 5.41) is 8.76. The summed E-state index contributed by atoms with van der Waals surface area (Å²) in [5.41, 5.74) is -2.76. The van der Waals surface area contributed by atoms with Crippen molar-refractivity contribution in [3.8, 4) is 0 Å². The molecule has 0 aliphatic rings. The van der Waals surface area contributed by atoms with Gasteiger partial charge < -0.3 is 14.6 Å². The van der Waals surface area contributed by atoms with Crippen molar-refractivity contribution >= 4 is 24.0 Å². The molecule has 0 radical (unpaired) electrons. The number of ether oxygens (including phenoxy) is 2. The number of hydrogen-bond donors (Lipinski definition) is 1. The first-order valence-electron chi connectivity index (χ1n) is 7.75. The maximum atomic E-state index is 12.4. The van der Waals surface area contributed by atoms with Crippen molar-refractivity contribution in [3.63, 3.8) is 0 Å². The van der Waals surface area contributed by atoms with Crippen LogP contribution in [0.2, 0.25) is 0 Å². The van der Waals surface area contributed by atoms with Gasteiger partial charge in [-0.25, -0.2) is 14.4 Å². The van der Waals surface area contributed by atoms with Gasteiger partial charge in [0, 0.05) is 6.20 Å². The monoisotopic (exact) mass is 369 g/mol. The number of amides is 2. The van der Waals surface area contributed by atoms with Crippen LogP contribution in [0.1, 0.15) is 41.5 Å². The zero-order chi connectivity index (χ0) is 20.3. The molecule has 1 heterocycles. The van der Waals surface area contributed by atoms with Crippen molar-refractivity contribution in [2.24, 2.45) is 0 Å². The second-order valence-corrected chi connectivity index (χ2v) is 7.39. The third kappa shape index (κ3) is 6.54. The van der Waals surface area contributed by atoms with Gasteiger partial charge in [0.15, 0.2) is 5.82 Å². The molecule has 10 nitrogen and oxygen atoms in total. The number of hydrogen-bond acceptors (Lipinski definition) is 7. The molecular weight excluding hydrogens is 346 g/mol. The molecule has 1 aromatic heterocycles. The van der Waals surface area contributed by atoms with E-state index in [1.54, 1.807) is 41.5 Å². The number of imide groups is 1. The Morgan fingerprint density at radius 2 is 1.54 bits per heavy atom. The molecule has 0 fully saturated rings. The number of carboxylic acids is 1. The highest BCUT2D eigenvalue weighted by Crippen LogP contribution is 2.19. The van der Waals surface area contributed by atoms with Crippen molar-refractivity contribution < 1.29 is 29.0 Å². The van der Waals surface area contributed by atoms with Gasteiger partial charge in [0.1, 0.15) is 17.7 Å². The molecule has 0 saturated heterocycles. The van der Waals surface area contributed by atoms with Gasteiger partial charge in [-0.2, -0.15) is 9.88 Å². The average molecular weight is 369 g/mol. The Labute approximate surface area is 150 Å². The third-order valence-electron chi connectivity index (χ3n) is 2.55. The Balaban J connectivity index is 3.29. The van der Waals surface area contributed by atoms with E-state index in [1.165, 1.54) is 0 Å². The summed E-state index contributed by atoms with van der Waals surface area (Å²) >= 11 is 0. The van der Waals surface area contributed by atoms with Gasteiger partial charge in [0.05, 0.1) is 0 Å². The first-order chi connectivity index (χ1) is 11.7.